The van der Waals surface area contributed by atoms with E-state index in [0.29, 0.717) is 11.3 Å². The predicted octanol–water partition coefficient (Wildman–Crippen LogP) is 6.57. The SMILES string of the molecule is C=C/C(=N\N=C(/C)N1CCNCC1)c1ccc(/C(C=NC)=C/C)cc1O.CC.CCC.CCC. The van der Waals surface area contributed by atoms with Gasteiger partial charge in [0, 0.05) is 45.0 Å². The minimum atomic E-state index is 0.139. The maximum absolute atomic E-state index is 10.5. The molecule has 0 unspecified atom stereocenters. The molecule has 192 valence electrons. The molecule has 0 radical (unpaired) electrons. The Balaban J connectivity index is 0. The Hall–Kier alpha value is -2.73. The first-order valence-corrected chi connectivity index (χ1v) is 12.6. The van der Waals surface area contributed by atoms with E-state index in [1.54, 1.807) is 25.4 Å². The number of amidine groups is 1. The molecule has 1 aromatic rings. The number of benzene rings is 1. The van der Waals surface area contributed by atoms with Gasteiger partial charge in [-0.05, 0) is 43.2 Å². The fourth-order valence-corrected chi connectivity index (χ4v) is 2.77. The van der Waals surface area contributed by atoms with E-state index in [4.69, 9.17) is 0 Å². The monoisotopic (exact) mass is 471 g/mol. The number of hydrogen-bond donors (Lipinski definition) is 2. The van der Waals surface area contributed by atoms with Gasteiger partial charge in [0.1, 0.15) is 11.6 Å². The first-order chi connectivity index (χ1) is 16.4. The average Bonchev–Trinajstić information content (AvgIpc) is 2.86. The van der Waals surface area contributed by atoms with Crippen molar-refractivity contribution in [3.05, 3.63) is 48.1 Å². The normalized spacial score (nSPS) is 14.3. The molecule has 0 aromatic heterocycles. The largest absolute Gasteiger partial charge is 0.507 e. The molecule has 1 saturated heterocycles. The van der Waals surface area contributed by atoms with Gasteiger partial charge < -0.3 is 15.3 Å². The van der Waals surface area contributed by atoms with Crippen LogP contribution in [0.25, 0.3) is 5.57 Å². The highest BCUT2D eigenvalue weighted by molar-refractivity contribution is 6.12. The van der Waals surface area contributed by atoms with E-state index >= 15 is 0 Å². The summed E-state index contributed by atoms with van der Waals surface area (Å²) in [4.78, 5) is 6.22. The zero-order chi connectivity index (χ0) is 26.4. The van der Waals surface area contributed by atoms with Gasteiger partial charge in [0.15, 0.2) is 0 Å². The maximum atomic E-state index is 10.5. The van der Waals surface area contributed by atoms with E-state index in [2.05, 4.69) is 59.7 Å². The highest BCUT2D eigenvalue weighted by Gasteiger charge is 2.12. The van der Waals surface area contributed by atoms with Crippen LogP contribution in [0.2, 0.25) is 0 Å². The summed E-state index contributed by atoms with van der Waals surface area (Å²) in [5.74, 6) is 0.998. The molecule has 6 heteroatoms. The van der Waals surface area contributed by atoms with E-state index in [-0.39, 0.29) is 5.75 Å². The number of aliphatic imine (C=N–C) groups is 1. The van der Waals surface area contributed by atoms with Crippen molar-refractivity contribution >= 4 is 23.3 Å². The van der Waals surface area contributed by atoms with Gasteiger partial charge in [0.25, 0.3) is 0 Å². The summed E-state index contributed by atoms with van der Waals surface area (Å²) in [6.07, 6.45) is 7.82. The van der Waals surface area contributed by atoms with Crippen molar-refractivity contribution in [3.8, 4) is 5.75 Å². The lowest BCUT2D eigenvalue weighted by Crippen LogP contribution is -2.45. The highest BCUT2D eigenvalue weighted by atomic mass is 16.3. The zero-order valence-electron chi connectivity index (χ0n) is 23.1. The van der Waals surface area contributed by atoms with Crippen LogP contribution in [-0.4, -0.2) is 61.0 Å². The summed E-state index contributed by atoms with van der Waals surface area (Å²) >= 11 is 0. The summed E-state index contributed by atoms with van der Waals surface area (Å²) in [6.45, 7) is 23.9. The van der Waals surface area contributed by atoms with Crippen LogP contribution in [0.3, 0.4) is 0 Å². The van der Waals surface area contributed by atoms with Crippen LogP contribution in [0, 0.1) is 0 Å². The van der Waals surface area contributed by atoms with Crippen LogP contribution in [0.4, 0.5) is 0 Å². The summed E-state index contributed by atoms with van der Waals surface area (Å²) in [7, 11) is 1.72. The summed E-state index contributed by atoms with van der Waals surface area (Å²) in [6, 6.07) is 5.46. The van der Waals surface area contributed by atoms with Crippen molar-refractivity contribution < 1.29 is 5.11 Å². The van der Waals surface area contributed by atoms with Gasteiger partial charge in [-0.3, -0.25) is 4.99 Å². The minimum Gasteiger partial charge on any atom is -0.507 e. The third kappa shape index (κ3) is 13.1. The van der Waals surface area contributed by atoms with Crippen LogP contribution in [-0.2, 0) is 0 Å². The smallest absolute Gasteiger partial charge is 0.125 e. The van der Waals surface area contributed by atoms with E-state index < -0.39 is 0 Å². The molecular weight excluding hydrogens is 422 g/mol. The van der Waals surface area contributed by atoms with E-state index in [0.717, 1.165) is 43.2 Å². The quantitative estimate of drug-likeness (QED) is 0.290. The van der Waals surface area contributed by atoms with E-state index in [1.165, 1.54) is 12.8 Å². The Morgan fingerprint density at radius 1 is 1.09 bits per heavy atom. The van der Waals surface area contributed by atoms with Crippen LogP contribution in [0.5, 0.6) is 5.75 Å². The topological polar surface area (TPSA) is 72.6 Å². The molecule has 1 fully saturated rings. The van der Waals surface area contributed by atoms with Crippen molar-refractivity contribution in [2.45, 2.75) is 68.2 Å². The lowest BCUT2D eigenvalue weighted by molar-refractivity contribution is 0.355. The van der Waals surface area contributed by atoms with Crippen LogP contribution in [0.15, 0.2) is 52.1 Å². The highest BCUT2D eigenvalue weighted by Crippen LogP contribution is 2.24. The van der Waals surface area contributed by atoms with Gasteiger partial charge in [-0.2, -0.15) is 0 Å². The lowest BCUT2D eigenvalue weighted by Gasteiger charge is -2.28. The van der Waals surface area contributed by atoms with Crippen molar-refractivity contribution in [1.29, 1.82) is 0 Å². The van der Waals surface area contributed by atoms with Crippen molar-refractivity contribution in [2.75, 3.05) is 33.2 Å². The standard InChI is InChI=1S/C20H27N5O.2C3H8.C2H6/c1-5-16(14-21-4)17-7-8-18(20(26)13-17)19(6-2)24-23-15(3)25-11-9-22-10-12-25;2*1-3-2;1-2/h5-8,13-14,22,26H,2,9-12H2,1,3-4H3;2*3H2,1-2H3;1-2H3/b16-5+,21-14?,23-15+,24-19+;;;. The maximum Gasteiger partial charge on any atom is 0.125 e. The van der Waals surface area contributed by atoms with Crippen LogP contribution in [0.1, 0.15) is 79.4 Å². The van der Waals surface area contributed by atoms with Gasteiger partial charge in [0.05, 0.1) is 5.71 Å². The molecule has 0 aliphatic carbocycles. The fourth-order valence-electron chi connectivity index (χ4n) is 2.77. The molecule has 0 bridgehead atoms. The van der Waals surface area contributed by atoms with Crippen molar-refractivity contribution in [2.24, 2.45) is 15.2 Å². The minimum absolute atomic E-state index is 0.139. The molecule has 34 heavy (non-hydrogen) atoms. The van der Waals surface area contributed by atoms with Gasteiger partial charge >= 0.3 is 0 Å². The molecular formula is C28H49N5O. The molecule has 0 atom stereocenters. The van der Waals surface area contributed by atoms with E-state index in [1.807, 2.05) is 45.9 Å². The molecule has 0 amide bonds. The van der Waals surface area contributed by atoms with Gasteiger partial charge in [-0.25, -0.2) is 0 Å². The number of phenols is 1. The molecule has 1 aliphatic heterocycles. The second-order valence-corrected chi connectivity index (χ2v) is 7.35. The third-order valence-electron chi connectivity index (χ3n) is 4.26. The molecule has 0 spiro atoms. The Kier molecular flexibility index (Phi) is 21.7. The Morgan fingerprint density at radius 2 is 1.65 bits per heavy atom. The molecule has 1 heterocycles. The van der Waals surface area contributed by atoms with Crippen molar-refractivity contribution in [1.82, 2.24) is 10.2 Å². The molecule has 1 aromatic carbocycles. The summed E-state index contributed by atoms with van der Waals surface area (Å²) < 4.78 is 0. The summed E-state index contributed by atoms with van der Waals surface area (Å²) in [5, 5.41) is 22.4. The van der Waals surface area contributed by atoms with Gasteiger partial charge in [-0.15, -0.1) is 10.2 Å². The van der Waals surface area contributed by atoms with Crippen LogP contribution >= 0.6 is 0 Å². The number of phenolic OH excluding ortho intramolecular Hbond substituents is 1. The van der Waals surface area contributed by atoms with Crippen molar-refractivity contribution in [3.63, 3.8) is 0 Å². The predicted molar refractivity (Wildman–Crippen MR) is 154 cm³/mol. The number of allylic oxidation sites excluding steroid dienone is 3. The molecule has 6 nitrogen and oxygen atoms in total. The Bertz CT molecular complexity index is 786. The molecule has 1 aliphatic rings. The average molecular weight is 472 g/mol. The third-order valence-corrected chi connectivity index (χ3v) is 4.26. The first kappa shape index (κ1) is 33.4. The number of nitrogens with zero attached hydrogens (tertiary/aromatic N) is 4. The van der Waals surface area contributed by atoms with Crippen LogP contribution < -0.4 is 5.32 Å². The van der Waals surface area contributed by atoms with Gasteiger partial charge in [0.2, 0.25) is 0 Å². The fraction of sp³-hybridized carbons (Fsp3) is 0.536. The van der Waals surface area contributed by atoms with E-state index in [9.17, 15) is 5.11 Å². The Labute approximate surface area is 209 Å². The summed E-state index contributed by atoms with van der Waals surface area (Å²) in [5.41, 5.74) is 2.97. The molecule has 2 rings (SSSR count). The van der Waals surface area contributed by atoms with Gasteiger partial charge in [-0.1, -0.05) is 73.1 Å². The number of piperazine rings is 1. The number of aromatic hydroxyl groups is 1. The molecule has 2 N–H and O–H groups in total. The number of rotatable bonds is 5. The number of hydrogen-bond acceptors (Lipinski definition) is 5. The lowest BCUT2D eigenvalue weighted by atomic mass is 10.0. The zero-order valence-corrected chi connectivity index (χ0v) is 23.1. The second-order valence-electron chi connectivity index (χ2n) is 7.35. The second kappa shape index (κ2) is 22.1. The molecule has 0 saturated carbocycles. The number of nitrogens with one attached hydrogen (secondary N) is 1. The Morgan fingerprint density at radius 3 is 2.09 bits per heavy atom. The first-order valence-electron chi connectivity index (χ1n) is 12.6.